The molecule has 0 atom stereocenters. The van der Waals surface area contributed by atoms with E-state index >= 15 is 0 Å². The third-order valence-electron chi connectivity index (χ3n) is 4.69. The van der Waals surface area contributed by atoms with E-state index in [9.17, 15) is 4.79 Å². The van der Waals surface area contributed by atoms with Gasteiger partial charge in [-0.25, -0.2) is 0 Å². The van der Waals surface area contributed by atoms with E-state index in [0.717, 1.165) is 56.9 Å². The molecule has 0 radical (unpaired) electrons. The van der Waals surface area contributed by atoms with Gasteiger partial charge in [-0.2, -0.15) is 0 Å². The SMILES string of the molecule is CC(C)Cc1cccn(-c2ccc(CCN3CCOCC3)cc2)c1=O. The average Bonchev–Trinajstić information content (AvgIpc) is 2.63. The number of hydrogen-bond acceptors (Lipinski definition) is 3. The zero-order chi connectivity index (χ0) is 17.6. The molecule has 134 valence electrons. The van der Waals surface area contributed by atoms with Crippen molar-refractivity contribution in [3.63, 3.8) is 0 Å². The summed E-state index contributed by atoms with van der Waals surface area (Å²) in [5, 5.41) is 0. The van der Waals surface area contributed by atoms with Gasteiger partial charge in [-0.1, -0.05) is 32.0 Å². The number of nitrogens with zero attached hydrogens (tertiary/aromatic N) is 2. The summed E-state index contributed by atoms with van der Waals surface area (Å²) in [5.41, 5.74) is 3.22. The lowest BCUT2D eigenvalue weighted by Gasteiger charge is -2.26. The maximum Gasteiger partial charge on any atom is 0.258 e. The molecule has 2 heterocycles. The zero-order valence-corrected chi connectivity index (χ0v) is 15.3. The van der Waals surface area contributed by atoms with Crippen LogP contribution in [0, 0.1) is 5.92 Å². The first-order valence-corrected chi connectivity index (χ1v) is 9.23. The van der Waals surface area contributed by atoms with E-state index in [1.807, 2.05) is 18.3 Å². The molecule has 0 saturated carbocycles. The highest BCUT2D eigenvalue weighted by molar-refractivity contribution is 5.36. The largest absolute Gasteiger partial charge is 0.379 e. The van der Waals surface area contributed by atoms with Crippen molar-refractivity contribution >= 4 is 0 Å². The molecule has 25 heavy (non-hydrogen) atoms. The van der Waals surface area contributed by atoms with E-state index in [1.165, 1.54) is 5.56 Å². The smallest absolute Gasteiger partial charge is 0.258 e. The predicted octanol–water partition coefficient (Wildman–Crippen LogP) is 2.91. The molecule has 1 aliphatic heterocycles. The number of rotatable bonds is 6. The van der Waals surface area contributed by atoms with Gasteiger partial charge >= 0.3 is 0 Å². The Hall–Kier alpha value is -1.91. The zero-order valence-electron chi connectivity index (χ0n) is 15.3. The summed E-state index contributed by atoms with van der Waals surface area (Å²) in [5.74, 6) is 0.478. The Bertz CT molecular complexity index is 728. The van der Waals surface area contributed by atoms with Crippen molar-refractivity contribution in [1.82, 2.24) is 9.47 Å². The van der Waals surface area contributed by atoms with Crippen LogP contribution in [0.25, 0.3) is 5.69 Å². The molecule has 4 heteroatoms. The van der Waals surface area contributed by atoms with Crippen molar-refractivity contribution in [3.05, 3.63) is 64.1 Å². The summed E-state index contributed by atoms with van der Waals surface area (Å²) in [4.78, 5) is 15.1. The highest BCUT2D eigenvalue weighted by Crippen LogP contribution is 2.11. The lowest BCUT2D eigenvalue weighted by atomic mass is 10.0. The van der Waals surface area contributed by atoms with Crippen molar-refractivity contribution in [2.24, 2.45) is 5.92 Å². The molecule has 4 nitrogen and oxygen atoms in total. The quantitative estimate of drug-likeness (QED) is 0.811. The summed E-state index contributed by atoms with van der Waals surface area (Å²) in [6.45, 7) is 9.07. The van der Waals surface area contributed by atoms with Crippen LogP contribution in [-0.4, -0.2) is 42.3 Å². The van der Waals surface area contributed by atoms with Crippen LogP contribution in [0.5, 0.6) is 0 Å². The second-order valence-electron chi connectivity index (χ2n) is 7.18. The van der Waals surface area contributed by atoms with E-state index < -0.39 is 0 Å². The molecular weight excluding hydrogens is 312 g/mol. The molecule has 0 N–H and O–H groups in total. The van der Waals surface area contributed by atoms with Gasteiger partial charge in [0, 0.05) is 37.1 Å². The number of pyridine rings is 1. The van der Waals surface area contributed by atoms with Crippen molar-refractivity contribution < 1.29 is 4.74 Å². The highest BCUT2D eigenvalue weighted by atomic mass is 16.5. The first-order valence-electron chi connectivity index (χ1n) is 9.23. The van der Waals surface area contributed by atoms with E-state index in [4.69, 9.17) is 4.74 Å². The highest BCUT2D eigenvalue weighted by Gasteiger charge is 2.10. The minimum Gasteiger partial charge on any atom is -0.379 e. The molecule has 1 aromatic carbocycles. The van der Waals surface area contributed by atoms with Gasteiger partial charge in [-0.05, 0) is 42.5 Å². The van der Waals surface area contributed by atoms with Crippen LogP contribution in [0.1, 0.15) is 25.0 Å². The summed E-state index contributed by atoms with van der Waals surface area (Å²) >= 11 is 0. The summed E-state index contributed by atoms with van der Waals surface area (Å²) in [6.07, 6.45) is 3.70. The molecule has 0 amide bonds. The Labute approximate surface area is 150 Å². The fourth-order valence-electron chi connectivity index (χ4n) is 3.27. The van der Waals surface area contributed by atoms with E-state index in [-0.39, 0.29) is 5.56 Å². The second kappa shape index (κ2) is 8.45. The first kappa shape index (κ1) is 17.9. The van der Waals surface area contributed by atoms with Crippen LogP contribution in [-0.2, 0) is 17.6 Å². The Balaban J connectivity index is 1.68. The van der Waals surface area contributed by atoms with Crippen molar-refractivity contribution in [2.45, 2.75) is 26.7 Å². The van der Waals surface area contributed by atoms with Gasteiger partial charge in [0.2, 0.25) is 0 Å². The minimum atomic E-state index is 0.0947. The molecule has 0 aliphatic carbocycles. The van der Waals surface area contributed by atoms with Crippen LogP contribution in [0.3, 0.4) is 0 Å². The number of hydrogen-bond donors (Lipinski definition) is 0. The topological polar surface area (TPSA) is 34.5 Å². The molecule has 1 fully saturated rings. The van der Waals surface area contributed by atoms with E-state index in [1.54, 1.807) is 4.57 Å². The Morgan fingerprint density at radius 2 is 1.80 bits per heavy atom. The van der Waals surface area contributed by atoms with Crippen LogP contribution in [0.15, 0.2) is 47.4 Å². The first-order chi connectivity index (χ1) is 12.1. The molecule has 0 bridgehead atoms. The van der Waals surface area contributed by atoms with Crippen LogP contribution >= 0.6 is 0 Å². The van der Waals surface area contributed by atoms with E-state index in [0.29, 0.717) is 5.92 Å². The summed E-state index contributed by atoms with van der Waals surface area (Å²) in [6, 6.07) is 12.3. The third-order valence-corrected chi connectivity index (χ3v) is 4.69. The van der Waals surface area contributed by atoms with Gasteiger partial charge in [0.25, 0.3) is 5.56 Å². The van der Waals surface area contributed by atoms with Crippen LogP contribution in [0.4, 0.5) is 0 Å². The Morgan fingerprint density at radius 3 is 2.48 bits per heavy atom. The molecule has 1 aliphatic rings. The molecule has 0 unspecified atom stereocenters. The van der Waals surface area contributed by atoms with Gasteiger partial charge in [0.15, 0.2) is 0 Å². The fourth-order valence-corrected chi connectivity index (χ4v) is 3.27. The van der Waals surface area contributed by atoms with Gasteiger partial charge < -0.3 is 4.74 Å². The minimum absolute atomic E-state index is 0.0947. The van der Waals surface area contributed by atoms with Gasteiger partial charge in [-0.15, -0.1) is 0 Å². The monoisotopic (exact) mass is 340 g/mol. The van der Waals surface area contributed by atoms with Crippen molar-refractivity contribution in [3.8, 4) is 5.69 Å². The van der Waals surface area contributed by atoms with E-state index in [2.05, 4.69) is 43.0 Å². The number of morpholine rings is 1. The Morgan fingerprint density at radius 1 is 1.08 bits per heavy atom. The van der Waals surface area contributed by atoms with Gasteiger partial charge in [0.05, 0.1) is 13.2 Å². The lowest BCUT2D eigenvalue weighted by Crippen LogP contribution is -2.37. The van der Waals surface area contributed by atoms with Gasteiger partial charge in [0.1, 0.15) is 0 Å². The third kappa shape index (κ3) is 4.80. The standard InChI is InChI=1S/C21H28N2O2/c1-17(2)16-19-4-3-10-23(21(19)24)20-7-5-18(6-8-20)9-11-22-12-14-25-15-13-22/h3-8,10,17H,9,11-16H2,1-2H3. The normalized spacial score (nSPS) is 15.6. The van der Waals surface area contributed by atoms with Crippen molar-refractivity contribution in [2.75, 3.05) is 32.8 Å². The Kier molecular flexibility index (Phi) is 6.05. The summed E-state index contributed by atoms with van der Waals surface area (Å²) in [7, 11) is 0. The maximum atomic E-state index is 12.7. The molecule has 2 aromatic rings. The number of benzene rings is 1. The van der Waals surface area contributed by atoms with Crippen LogP contribution < -0.4 is 5.56 Å². The molecule has 1 aromatic heterocycles. The second-order valence-corrected chi connectivity index (χ2v) is 7.18. The molecule has 3 rings (SSSR count). The van der Waals surface area contributed by atoms with Crippen molar-refractivity contribution in [1.29, 1.82) is 0 Å². The summed E-state index contributed by atoms with van der Waals surface area (Å²) < 4.78 is 7.14. The number of aromatic nitrogens is 1. The maximum absolute atomic E-state index is 12.7. The lowest BCUT2D eigenvalue weighted by molar-refractivity contribution is 0.0384. The average molecular weight is 340 g/mol. The fraction of sp³-hybridized carbons (Fsp3) is 0.476. The number of ether oxygens (including phenoxy) is 1. The van der Waals surface area contributed by atoms with Gasteiger partial charge in [-0.3, -0.25) is 14.3 Å². The molecule has 1 saturated heterocycles. The molecular formula is C21H28N2O2. The molecule has 0 spiro atoms. The van der Waals surface area contributed by atoms with Crippen LogP contribution in [0.2, 0.25) is 0 Å². The predicted molar refractivity (Wildman–Crippen MR) is 102 cm³/mol.